The van der Waals surface area contributed by atoms with Crippen LogP contribution in [0.2, 0.25) is 0 Å². The SMILES string of the molecule is Nc1ncnc2c1ncn2[C@@H]1O[C@H](C[O][Mo](=[O])(=[O])[O]P(=O)(O)O)[C@@H](O)[C@H]1O. The minimum atomic E-state index is -6.26. The van der Waals surface area contributed by atoms with Gasteiger partial charge in [-0.1, -0.05) is 0 Å². The molecule has 150 valence electrons. The molecule has 0 amide bonds. The molecule has 6 N–H and O–H groups in total. The molecular weight excluding hydrogens is 477 g/mol. The molecule has 17 heteroatoms. The van der Waals surface area contributed by atoms with Crippen LogP contribution in [0.5, 0.6) is 0 Å². The third-order valence-electron chi connectivity index (χ3n) is 3.56. The molecule has 0 saturated carbocycles. The first-order chi connectivity index (χ1) is 12.5. The van der Waals surface area contributed by atoms with Crippen LogP contribution >= 0.6 is 7.82 Å². The molecule has 0 aromatic carbocycles. The second-order valence-corrected chi connectivity index (χ2v) is 10.2. The summed E-state index contributed by atoms with van der Waals surface area (Å²) in [6, 6.07) is 0. The molecule has 3 heterocycles. The number of ether oxygens (including phenoxy) is 1. The predicted octanol–water partition coefficient (Wildman–Crippen LogP) is -2.17. The quantitative estimate of drug-likeness (QED) is 0.214. The first kappa shape index (κ1) is 20.3. The standard InChI is InChI=1S/C10H12N5O4.Mo.H3O4P.2O/c11-8-5-9(13-2-12-8)15(3-14-5)10-7(18)6(17)4(1-16)19-10;;1-5(2,3)4;;/h2-4,6-7,10,17-18H,1H2,(H2,11,12,13);;(H3,1,2,3,4);;/q-1;+2;;;/p-1/t4-,6-,7-,10-;;;;/m1..../s1. The summed E-state index contributed by atoms with van der Waals surface area (Å²) in [4.78, 5) is 28.8. The van der Waals surface area contributed by atoms with E-state index in [4.69, 9.17) is 20.3 Å². The Morgan fingerprint density at radius 2 is 1.96 bits per heavy atom. The van der Waals surface area contributed by atoms with E-state index in [1.807, 2.05) is 0 Å². The maximum absolute atomic E-state index is 11.4. The van der Waals surface area contributed by atoms with Crippen LogP contribution in [-0.4, -0.2) is 64.4 Å². The summed E-state index contributed by atoms with van der Waals surface area (Å²) < 4.78 is 48.1. The van der Waals surface area contributed by atoms with Crippen molar-refractivity contribution in [3.05, 3.63) is 12.7 Å². The van der Waals surface area contributed by atoms with E-state index in [1.54, 1.807) is 0 Å². The van der Waals surface area contributed by atoms with Crippen molar-refractivity contribution in [3.63, 3.8) is 0 Å². The third kappa shape index (κ3) is 4.37. The Bertz CT molecular complexity index is 991. The van der Waals surface area contributed by atoms with Crippen molar-refractivity contribution in [1.82, 2.24) is 19.5 Å². The van der Waals surface area contributed by atoms with Crippen molar-refractivity contribution in [1.29, 1.82) is 0 Å². The van der Waals surface area contributed by atoms with E-state index >= 15 is 0 Å². The van der Waals surface area contributed by atoms with E-state index in [0.717, 1.165) is 6.33 Å². The number of aliphatic hydroxyl groups is 2. The zero-order chi connectivity index (χ0) is 20.0. The van der Waals surface area contributed by atoms with Gasteiger partial charge in [-0.3, -0.25) is 0 Å². The first-order valence-corrected chi connectivity index (χ1v) is 11.9. The van der Waals surface area contributed by atoms with Gasteiger partial charge in [0.15, 0.2) is 0 Å². The second kappa shape index (κ2) is 7.20. The summed E-state index contributed by atoms with van der Waals surface area (Å²) in [5.74, 6) is 0.0805. The molecule has 1 saturated heterocycles. The normalized spacial score (nSPS) is 26.7. The zero-order valence-electron chi connectivity index (χ0n) is 13.1. The Morgan fingerprint density at radius 3 is 2.63 bits per heavy atom. The number of hydrogen-bond donors (Lipinski definition) is 5. The Kier molecular flexibility index (Phi) is 5.42. The topological polar surface area (TPSA) is 229 Å². The van der Waals surface area contributed by atoms with Crippen LogP contribution in [0.4, 0.5) is 5.82 Å². The molecule has 2 aromatic heterocycles. The molecule has 15 nitrogen and oxygen atoms in total. The number of imidazole rings is 1. The number of aliphatic hydroxyl groups excluding tert-OH is 2. The summed E-state index contributed by atoms with van der Waals surface area (Å²) in [7, 11) is -5.32. The van der Waals surface area contributed by atoms with Gasteiger partial charge in [-0.25, -0.2) is 0 Å². The van der Waals surface area contributed by atoms with Crippen molar-refractivity contribution in [3.8, 4) is 0 Å². The summed E-state index contributed by atoms with van der Waals surface area (Å²) in [6.45, 7) is -0.841. The summed E-state index contributed by atoms with van der Waals surface area (Å²) in [5, 5.41) is 20.3. The van der Waals surface area contributed by atoms with Gasteiger partial charge in [0.1, 0.15) is 0 Å². The van der Waals surface area contributed by atoms with Gasteiger partial charge < -0.3 is 0 Å². The molecule has 1 fully saturated rings. The fraction of sp³-hybridized carbons (Fsp3) is 0.500. The number of nitrogens with zero attached hydrogens (tertiary/aromatic N) is 4. The van der Waals surface area contributed by atoms with Crippen LogP contribution in [0, 0.1) is 0 Å². The maximum atomic E-state index is 11.4. The third-order valence-corrected chi connectivity index (χ3v) is 7.76. The van der Waals surface area contributed by atoms with Crippen LogP contribution < -0.4 is 5.73 Å². The zero-order valence-corrected chi connectivity index (χ0v) is 16.0. The molecular formula is C10H14MoN5O10P. The average molecular weight is 491 g/mol. The fourth-order valence-electron chi connectivity index (χ4n) is 2.44. The van der Waals surface area contributed by atoms with Crippen molar-refractivity contribution in [2.24, 2.45) is 0 Å². The van der Waals surface area contributed by atoms with Crippen molar-refractivity contribution < 1.29 is 59.4 Å². The van der Waals surface area contributed by atoms with Gasteiger partial charge in [0.05, 0.1) is 0 Å². The number of fused-ring (bicyclic) bond motifs is 1. The van der Waals surface area contributed by atoms with E-state index in [1.165, 1.54) is 10.9 Å². The van der Waals surface area contributed by atoms with Crippen molar-refractivity contribution in [2.75, 3.05) is 12.3 Å². The fourth-order valence-corrected chi connectivity index (χ4v) is 5.54. The van der Waals surface area contributed by atoms with Crippen LogP contribution in [0.3, 0.4) is 0 Å². The molecule has 27 heavy (non-hydrogen) atoms. The number of rotatable bonds is 6. The number of hydrogen-bond acceptors (Lipinski definition) is 12. The number of nitrogen functional groups attached to an aromatic ring is 1. The van der Waals surface area contributed by atoms with Gasteiger partial charge >= 0.3 is 153 Å². The van der Waals surface area contributed by atoms with Crippen LogP contribution in [0.1, 0.15) is 6.23 Å². The minimum absolute atomic E-state index is 0.0805. The number of nitrogens with two attached hydrogens (primary N) is 1. The van der Waals surface area contributed by atoms with E-state index in [2.05, 4.69) is 21.5 Å². The van der Waals surface area contributed by atoms with Gasteiger partial charge in [0, 0.05) is 0 Å². The second-order valence-electron chi connectivity index (χ2n) is 5.39. The number of phosphoric acid groups is 1. The number of aromatic nitrogens is 4. The van der Waals surface area contributed by atoms with Gasteiger partial charge in [0.25, 0.3) is 0 Å². The Hall–Kier alpha value is -1.41. The average Bonchev–Trinajstić information content (AvgIpc) is 3.07. The Balaban J connectivity index is 1.76. The Morgan fingerprint density at radius 1 is 1.26 bits per heavy atom. The van der Waals surface area contributed by atoms with Gasteiger partial charge in [-0.2, -0.15) is 0 Å². The van der Waals surface area contributed by atoms with Crippen molar-refractivity contribution >= 4 is 24.8 Å². The van der Waals surface area contributed by atoms with Crippen LogP contribution in [0.15, 0.2) is 12.7 Å². The molecule has 3 rings (SSSR count). The molecule has 0 bridgehead atoms. The molecule has 4 atom stereocenters. The molecule has 0 aliphatic carbocycles. The van der Waals surface area contributed by atoms with Gasteiger partial charge in [-0.05, 0) is 0 Å². The van der Waals surface area contributed by atoms with E-state index < -0.39 is 55.7 Å². The molecule has 0 spiro atoms. The van der Waals surface area contributed by atoms with Crippen LogP contribution in [-0.2, 0) is 39.4 Å². The Labute approximate surface area is 153 Å². The van der Waals surface area contributed by atoms with Crippen molar-refractivity contribution in [2.45, 2.75) is 24.5 Å². The molecule has 0 radical (unpaired) electrons. The monoisotopic (exact) mass is 493 g/mol. The summed E-state index contributed by atoms with van der Waals surface area (Å²) in [5.41, 5.74) is 6.09. The first-order valence-electron chi connectivity index (χ1n) is 7.09. The molecule has 2 aromatic rings. The number of anilines is 1. The van der Waals surface area contributed by atoms with Gasteiger partial charge in [0.2, 0.25) is 0 Å². The molecule has 1 aliphatic rings. The van der Waals surface area contributed by atoms with Crippen LogP contribution in [0.25, 0.3) is 11.2 Å². The summed E-state index contributed by atoms with van der Waals surface area (Å²) in [6.07, 6.45) is -3.27. The summed E-state index contributed by atoms with van der Waals surface area (Å²) >= 11 is -6.26. The van der Waals surface area contributed by atoms with E-state index in [9.17, 15) is 21.6 Å². The molecule has 0 unspecified atom stereocenters. The molecule has 1 aliphatic heterocycles. The van der Waals surface area contributed by atoms with E-state index in [0.29, 0.717) is 0 Å². The predicted molar refractivity (Wildman–Crippen MR) is 76.1 cm³/mol. The van der Waals surface area contributed by atoms with E-state index in [-0.39, 0.29) is 17.0 Å². The van der Waals surface area contributed by atoms with Gasteiger partial charge in [-0.15, -0.1) is 0 Å².